The zero-order valence-corrected chi connectivity index (χ0v) is 15.3. The summed E-state index contributed by atoms with van der Waals surface area (Å²) in [5, 5.41) is 25.3. The Kier molecular flexibility index (Phi) is 5.74. The average Bonchev–Trinajstić information content (AvgIpc) is 3.25. The Morgan fingerprint density at radius 2 is 2.00 bits per heavy atom. The minimum Gasteiger partial charge on any atom is -0.478 e. The van der Waals surface area contributed by atoms with Crippen LogP contribution in [0.5, 0.6) is 0 Å². The summed E-state index contributed by atoms with van der Waals surface area (Å²) in [5.74, 6) is -1.31. The molecular weight excluding hydrogens is 366 g/mol. The predicted octanol–water partition coefficient (Wildman–Crippen LogP) is 0.502. The van der Waals surface area contributed by atoms with Crippen LogP contribution in [0, 0.1) is 6.92 Å². The van der Waals surface area contributed by atoms with E-state index in [1.165, 1.54) is 17.0 Å². The number of nitrogens with one attached hydrogen (secondary N) is 1. The Morgan fingerprint density at radius 1 is 1.29 bits per heavy atom. The highest BCUT2D eigenvalue weighted by Crippen LogP contribution is 2.20. The molecule has 0 aliphatic carbocycles. The number of likely N-dealkylation sites (tertiary alicyclic amines) is 1. The Morgan fingerprint density at radius 3 is 2.61 bits per heavy atom. The number of hydrogen-bond acceptors (Lipinski definition) is 6. The predicted molar refractivity (Wildman–Crippen MR) is 96.3 cm³/mol. The van der Waals surface area contributed by atoms with Gasteiger partial charge >= 0.3 is 5.97 Å². The van der Waals surface area contributed by atoms with E-state index in [0.717, 1.165) is 5.56 Å². The Balaban J connectivity index is 1.60. The number of aliphatic hydroxyl groups excluding tert-OH is 1. The molecule has 1 aromatic carbocycles. The number of aryl methyl sites for hydroxylation is 1. The smallest absolute Gasteiger partial charge is 0.335 e. The summed E-state index contributed by atoms with van der Waals surface area (Å²) < 4.78 is 5.05. The monoisotopic (exact) mass is 387 g/mol. The maximum Gasteiger partial charge on any atom is 0.335 e. The van der Waals surface area contributed by atoms with E-state index >= 15 is 0 Å². The second-order valence-electron chi connectivity index (χ2n) is 6.78. The number of benzene rings is 1. The summed E-state index contributed by atoms with van der Waals surface area (Å²) in [6.07, 6.45) is -0.648. The van der Waals surface area contributed by atoms with Gasteiger partial charge in [0, 0.05) is 25.6 Å². The molecule has 3 N–H and O–H groups in total. The molecule has 1 fully saturated rings. The second-order valence-corrected chi connectivity index (χ2v) is 6.78. The van der Waals surface area contributed by atoms with Gasteiger partial charge < -0.3 is 25.0 Å². The van der Waals surface area contributed by atoms with Crippen LogP contribution in [0.3, 0.4) is 0 Å². The van der Waals surface area contributed by atoms with Gasteiger partial charge in [-0.05, 0) is 24.6 Å². The molecule has 9 heteroatoms. The first-order valence-corrected chi connectivity index (χ1v) is 8.83. The van der Waals surface area contributed by atoms with E-state index in [2.05, 4.69) is 10.5 Å². The average molecular weight is 387 g/mol. The number of carboxylic acid groups (broad SMARTS) is 1. The van der Waals surface area contributed by atoms with Gasteiger partial charge in [-0.3, -0.25) is 9.59 Å². The van der Waals surface area contributed by atoms with E-state index in [1.807, 2.05) is 0 Å². The normalized spacial score (nSPS) is 18.9. The largest absolute Gasteiger partial charge is 0.478 e. The zero-order valence-electron chi connectivity index (χ0n) is 15.3. The molecule has 2 amide bonds. The third-order valence-electron chi connectivity index (χ3n) is 4.57. The molecule has 0 bridgehead atoms. The fourth-order valence-electron chi connectivity index (χ4n) is 3.16. The van der Waals surface area contributed by atoms with Gasteiger partial charge in [0.2, 0.25) is 11.8 Å². The number of nitrogens with zero attached hydrogens (tertiary/aromatic N) is 2. The first-order chi connectivity index (χ1) is 13.3. The highest BCUT2D eigenvalue weighted by Gasteiger charge is 2.38. The first kappa shape index (κ1) is 19.6. The molecule has 1 aliphatic heterocycles. The van der Waals surface area contributed by atoms with Gasteiger partial charge in [0.25, 0.3) is 0 Å². The SMILES string of the molecule is Cc1cc(CC(=O)N2C[C@H](O)C[C@H]2C(=O)NCc2ccc(C(=O)O)cc2)on1. The molecule has 148 valence electrons. The number of carbonyl (C=O) groups excluding carboxylic acids is 2. The summed E-state index contributed by atoms with van der Waals surface area (Å²) in [6.45, 7) is 2.02. The van der Waals surface area contributed by atoms with Gasteiger partial charge in [-0.2, -0.15) is 0 Å². The number of aliphatic hydroxyl groups is 1. The third kappa shape index (κ3) is 4.55. The van der Waals surface area contributed by atoms with Crippen LogP contribution >= 0.6 is 0 Å². The van der Waals surface area contributed by atoms with Crippen molar-refractivity contribution in [3.63, 3.8) is 0 Å². The summed E-state index contributed by atoms with van der Waals surface area (Å²) in [6, 6.07) is 7.02. The molecule has 3 rings (SSSR count). The molecule has 2 atom stereocenters. The van der Waals surface area contributed by atoms with Crippen molar-refractivity contribution in [3.05, 3.63) is 52.9 Å². The van der Waals surface area contributed by atoms with Crippen molar-refractivity contribution < 1.29 is 29.1 Å². The van der Waals surface area contributed by atoms with Crippen LogP contribution in [0.2, 0.25) is 0 Å². The lowest BCUT2D eigenvalue weighted by atomic mass is 10.1. The van der Waals surface area contributed by atoms with Crippen LogP contribution < -0.4 is 5.32 Å². The van der Waals surface area contributed by atoms with Crippen LogP contribution in [0.4, 0.5) is 0 Å². The Labute approximate surface area is 160 Å². The quantitative estimate of drug-likeness (QED) is 0.657. The van der Waals surface area contributed by atoms with Crippen molar-refractivity contribution in [2.75, 3.05) is 6.54 Å². The van der Waals surface area contributed by atoms with E-state index in [1.54, 1.807) is 25.1 Å². The Bertz CT molecular complexity index is 876. The van der Waals surface area contributed by atoms with Gasteiger partial charge in [-0.15, -0.1) is 0 Å². The molecule has 9 nitrogen and oxygen atoms in total. The molecular formula is C19H21N3O6. The summed E-state index contributed by atoms with van der Waals surface area (Å²) in [4.78, 5) is 37.3. The van der Waals surface area contributed by atoms with E-state index in [0.29, 0.717) is 11.5 Å². The number of amides is 2. The molecule has 2 aromatic rings. The minimum atomic E-state index is -1.02. The first-order valence-electron chi connectivity index (χ1n) is 8.83. The van der Waals surface area contributed by atoms with Crippen LogP contribution in [0.1, 0.15) is 33.8 Å². The third-order valence-corrected chi connectivity index (χ3v) is 4.57. The summed E-state index contributed by atoms with van der Waals surface area (Å²) >= 11 is 0. The highest BCUT2D eigenvalue weighted by molar-refractivity contribution is 5.89. The molecule has 1 aliphatic rings. The van der Waals surface area contributed by atoms with Crippen molar-refractivity contribution >= 4 is 17.8 Å². The van der Waals surface area contributed by atoms with Gasteiger partial charge in [0.15, 0.2) is 0 Å². The Hall–Kier alpha value is -3.20. The van der Waals surface area contributed by atoms with E-state index < -0.39 is 18.1 Å². The summed E-state index contributed by atoms with van der Waals surface area (Å²) in [7, 11) is 0. The van der Waals surface area contributed by atoms with Gasteiger partial charge in [0.05, 0.1) is 23.8 Å². The highest BCUT2D eigenvalue weighted by atomic mass is 16.5. The van der Waals surface area contributed by atoms with Crippen LogP contribution in [0.15, 0.2) is 34.9 Å². The number of aromatic nitrogens is 1. The number of carbonyl (C=O) groups is 3. The number of rotatable bonds is 6. The van der Waals surface area contributed by atoms with E-state index in [-0.39, 0.29) is 43.3 Å². The molecule has 0 spiro atoms. The van der Waals surface area contributed by atoms with Gasteiger partial charge in [-0.25, -0.2) is 4.79 Å². The standard InChI is InChI=1S/C19H21N3O6/c1-11-6-15(28-21-11)8-17(24)22-10-14(23)7-16(22)18(25)20-9-12-2-4-13(5-3-12)19(26)27/h2-6,14,16,23H,7-10H2,1H3,(H,20,25)(H,26,27)/t14-,16+/m1/s1. The lowest BCUT2D eigenvalue weighted by Crippen LogP contribution is -2.46. The molecule has 0 unspecified atom stereocenters. The zero-order chi connectivity index (χ0) is 20.3. The van der Waals surface area contributed by atoms with Crippen LogP contribution in [0.25, 0.3) is 0 Å². The fourth-order valence-corrected chi connectivity index (χ4v) is 3.16. The number of hydrogen-bond donors (Lipinski definition) is 3. The lowest BCUT2D eigenvalue weighted by molar-refractivity contribution is -0.138. The molecule has 1 aromatic heterocycles. The van der Waals surface area contributed by atoms with Crippen LogP contribution in [-0.4, -0.2) is 56.7 Å². The minimum absolute atomic E-state index is 0.0337. The molecule has 2 heterocycles. The topological polar surface area (TPSA) is 133 Å². The maximum absolute atomic E-state index is 12.6. The van der Waals surface area contributed by atoms with Crippen molar-refractivity contribution in [2.45, 2.75) is 38.5 Å². The lowest BCUT2D eigenvalue weighted by Gasteiger charge is -2.23. The molecule has 1 saturated heterocycles. The van der Waals surface area contributed by atoms with Crippen molar-refractivity contribution in [3.8, 4) is 0 Å². The molecule has 0 radical (unpaired) electrons. The number of β-amino-alcohol motifs (C(OH)–C–C–N with tert-alkyl or cyclic N) is 1. The maximum atomic E-state index is 12.6. The van der Waals surface area contributed by atoms with E-state index in [4.69, 9.17) is 9.63 Å². The van der Waals surface area contributed by atoms with Crippen molar-refractivity contribution in [2.24, 2.45) is 0 Å². The fraction of sp³-hybridized carbons (Fsp3) is 0.368. The number of aromatic carboxylic acids is 1. The van der Waals surface area contributed by atoms with Crippen LogP contribution in [-0.2, 0) is 22.6 Å². The van der Waals surface area contributed by atoms with E-state index in [9.17, 15) is 19.5 Å². The van der Waals surface area contributed by atoms with Gasteiger partial charge in [0.1, 0.15) is 11.8 Å². The number of carboxylic acids is 1. The van der Waals surface area contributed by atoms with Gasteiger partial charge in [-0.1, -0.05) is 17.3 Å². The summed E-state index contributed by atoms with van der Waals surface area (Å²) in [5.41, 5.74) is 1.55. The molecule has 28 heavy (non-hydrogen) atoms. The van der Waals surface area contributed by atoms with Crippen molar-refractivity contribution in [1.82, 2.24) is 15.4 Å². The second kappa shape index (κ2) is 8.22. The van der Waals surface area contributed by atoms with Crippen molar-refractivity contribution in [1.29, 1.82) is 0 Å². The molecule has 0 saturated carbocycles.